The maximum absolute atomic E-state index is 12.7. The number of aromatic nitrogens is 4. The van der Waals surface area contributed by atoms with Gasteiger partial charge in [0, 0.05) is 42.6 Å². The number of hydrogen-bond acceptors (Lipinski definition) is 8. The summed E-state index contributed by atoms with van der Waals surface area (Å²) in [6.45, 7) is 6.02. The summed E-state index contributed by atoms with van der Waals surface area (Å²) < 4.78 is 31.7. The van der Waals surface area contributed by atoms with Crippen LogP contribution in [0.25, 0.3) is 22.4 Å². The van der Waals surface area contributed by atoms with Crippen LogP contribution in [-0.4, -0.2) is 63.9 Å². The molecule has 0 saturated carbocycles. The minimum Gasteiger partial charge on any atom is -0.380 e. The lowest BCUT2D eigenvalue weighted by Gasteiger charge is -2.37. The van der Waals surface area contributed by atoms with E-state index in [9.17, 15) is 13.2 Å². The Kier molecular flexibility index (Phi) is 6.96. The van der Waals surface area contributed by atoms with Gasteiger partial charge in [-0.25, -0.2) is 13.9 Å². The van der Waals surface area contributed by atoms with Gasteiger partial charge < -0.3 is 14.5 Å². The van der Waals surface area contributed by atoms with Gasteiger partial charge >= 0.3 is 0 Å². The number of sulfone groups is 1. The average Bonchev–Trinajstić information content (AvgIpc) is 3.25. The Morgan fingerprint density at radius 1 is 1.17 bits per heavy atom. The van der Waals surface area contributed by atoms with Gasteiger partial charge in [-0.2, -0.15) is 0 Å². The fraction of sp³-hybridized carbons (Fsp3) is 0.458. The molecule has 1 aliphatic rings. The van der Waals surface area contributed by atoms with Gasteiger partial charge in [0.1, 0.15) is 5.69 Å². The monoisotopic (exact) mass is 501 g/mol. The maximum Gasteiger partial charge on any atom is 0.251 e. The summed E-state index contributed by atoms with van der Waals surface area (Å²) in [6.07, 6.45) is 4.90. The molecule has 2 aromatic heterocycles. The van der Waals surface area contributed by atoms with Crippen molar-refractivity contribution in [2.75, 3.05) is 26.0 Å². The number of hydrogen-bond donors (Lipinski definition) is 2. The van der Waals surface area contributed by atoms with Crippen LogP contribution in [0, 0.1) is 5.41 Å². The van der Waals surface area contributed by atoms with E-state index in [2.05, 4.69) is 17.2 Å². The predicted molar refractivity (Wildman–Crippen MR) is 132 cm³/mol. The molecule has 1 unspecified atom stereocenters. The summed E-state index contributed by atoms with van der Waals surface area (Å²) in [5.74, 6) is 0. The van der Waals surface area contributed by atoms with Gasteiger partial charge in [-0.1, -0.05) is 36.4 Å². The molecule has 0 spiro atoms. The lowest BCUT2D eigenvalue weighted by atomic mass is 9.89. The van der Waals surface area contributed by atoms with E-state index in [4.69, 9.17) is 9.94 Å². The topological polar surface area (TPSA) is 128 Å². The minimum absolute atomic E-state index is 0.105. The van der Waals surface area contributed by atoms with Crippen LogP contribution in [0.4, 0.5) is 0 Å². The molecule has 1 aromatic carbocycles. The zero-order valence-electron chi connectivity index (χ0n) is 20.1. The Hall–Kier alpha value is -2.86. The zero-order valence-corrected chi connectivity index (χ0v) is 21.0. The van der Waals surface area contributed by atoms with E-state index in [0.29, 0.717) is 0 Å². The predicted octanol–water partition coefficient (Wildman–Crippen LogP) is 1.98. The number of nitrogens with zero attached hydrogens (tertiary/aromatic N) is 4. The zero-order chi connectivity index (χ0) is 25.3. The molecule has 35 heavy (non-hydrogen) atoms. The van der Waals surface area contributed by atoms with E-state index >= 15 is 0 Å². The molecule has 0 bridgehead atoms. The van der Waals surface area contributed by atoms with Gasteiger partial charge in [-0.3, -0.25) is 9.48 Å². The Bertz CT molecular complexity index is 1350. The van der Waals surface area contributed by atoms with Crippen LogP contribution in [-0.2, 0) is 27.7 Å². The molecule has 1 fully saturated rings. The fourth-order valence-electron chi connectivity index (χ4n) is 4.08. The molecule has 1 saturated heterocycles. The lowest BCUT2D eigenvalue weighted by Crippen LogP contribution is -2.44. The van der Waals surface area contributed by atoms with E-state index in [1.54, 1.807) is 13.1 Å². The number of ether oxygens (including phenoxy) is 1. The fourth-order valence-corrected chi connectivity index (χ4v) is 4.86. The van der Waals surface area contributed by atoms with E-state index in [0.717, 1.165) is 48.4 Å². The summed E-state index contributed by atoms with van der Waals surface area (Å²) >= 11 is 0. The van der Waals surface area contributed by atoms with Crippen LogP contribution < -0.4 is 11.0 Å². The van der Waals surface area contributed by atoms with Crippen LogP contribution in [0.5, 0.6) is 0 Å². The first-order valence-electron chi connectivity index (χ1n) is 11.4. The Morgan fingerprint density at radius 3 is 2.43 bits per heavy atom. The third-order valence-corrected chi connectivity index (χ3v) is 8.86. The number of rotatable bonds is 10. The van der Waals surface area contributed by atoms with Gasteiger partial charge in [0.15, 0.2) is 9.84 Å². The molecule has 0 aliphatic carbocycles. The molecule has 3 aromatic rings. The van der Waals surface area contributed by atoms with Crippen molar-refractivity contribution in [3.8, 4) is 22.4 Å². The lowest BCUT2D eigenvalue weighted by molar-refractivity contribution is -0.111. The molecule has 3 heterocycles. The first-order chi connectivity index (χ1) is 16.5. The molecule has 11 heteroatoms. The van der Waals surface area contributed by atoms with Crippen molar-refractivity contribution in [1.82, 2.24) is 25.0 Å². The van der Waals surface area contributed by atoms with Crippen molar-refractivity contribution in [2.24, 2.45) is 5.41 Å². The van der Waals surface area contributed by atoms with E-state index in [-0.39, 0.29) is 30.5 Å². The summed E-state index contributed by atoms with van der Waals surface area (Å²) in [5.41, 5.74) is 5.19. The van der Waals surface area contributed by atoms with Crippen molar-refractivity contribution >= 4 is 9.84 Å². The highest BCUT2D eigenvalue weighted by Gasteiger charge is 2.35. The SMILES string of the molecule is CC1(Cn2cc(-c3ccc(-c4ccn(CCC(C)(CNO)S(C)(=O)=O)c(=O)c4)cc3)nn2)COC1. The van der Waals surface area contributed by atoms with Crippen LogP contribution in [0.15, 0.2) is 53.6 Å². The average molecular weight is 502 g/mol. The second-order valence-electron chi connectivity index (χ2n) is 9.94. The number of aryl methyl sites for hydroxylation is 1. The molecule has 0 amide bonds. The Balaban J connectivity index is 1.45. The second-order valence-corrected chi connectivity index (χ2v) is 12.5. The summed E-state index contributed by atoms with van der Waals surface area (Å²) in [7, 11) is -3.45. The van der Waals surface area contributed by atoms with Gasteiger partial charge in [0.25, 0.3) is 5.56 Å². The minimum atomic E-state index is -3.45. The normalized spacial score (nSPS) is 17.0. The molecule has 188 valence electrons. The third kappa shape index (κ3) is 5.53. The van der Waals surface area contributed by atoms with Gasteiger partial charge in [0.2, 0.25) is 0 Å². The van der Waals surface area contributed by atoms with Crippen molar-refractivity contribution in [3.63, 3.8) is 0 Å². The van der Waals surface area contributed by atoms with Gasteiger partial charge in [-0.15, -0.1) is 5.10 Å². The highest BCUT2D eigenvalue weighted by molar-refractivity contribution is 7.92. The van der Waals surface area contributed by atoms with E-state index < -0.39 is 14.6 Å². The standard InChI is InChI=1S/C24H31N5O5S/c1-23(16-34-17-23)15-29-13-21(26-27-29)19-6-4-18(5-7-19)20-8-10-28(22(30)12-20)11-9-24(2,14-25-31)35(3,32)33/h4-8,10,12-13,25,31H,9,11,14-17H2,1-3H3. The van der Waals surface area contributed by atoms with Crippen molar-refractivity contribution in [2.45, 2.75) is 38.1 Å². The van der Waals surface area contributed by atoms with Crippen LogP contribution in [0.2, 0.25) is 0 Å². The third-order valence-electron chi connectivity index (χ3n) is 6.72. The van der Waals surface area contributed by atoms with Crippen molar-refractivity contribution in [3.05, 3.63) is 59.1 Å². The Morgan fingerprint density at radius 2 is 1.86 bits per heavy atom. The number of pyridine rings is 1. The van der Waals surface area contributed by atoms with Crippen LogP contribution in [0.3, 0.4) is 0 Å². The Labute approximate surface area is 204 Å². The smallest absolute Gasteiger partial charge is 0.251 e. The molecule has 0 radical (unpaired) electrons. The molecule has 2 N–H and O–H groups in total. The molecular weight excluding hydrogens is 470 g/mol. The summed E-state index contributed by atoms with van der Waals surface area (Å²) in [6, 6.07) is 11.1. The highest BCUT2D eigenvalue weighted by atomic mass is 32.2. The molecule has 1 aliphatic heterocycles. The molecule has 1 atom stereocenters. The van der Waals surface area contributed by atoms with Gasteiger partial charge in [0.05, 0.1) is 30.7 Å². The second kappa shape index (κ2) is 9.65. The number of hydroxylamine groups is 1. The van der Waals surface area contributed by atoms with Crippen LogP contribution in [0.1, 0.15) is 20.3 Å². The molecule has 4 rings (SSSR count). The molecule has 10 nitrogen and oxygen atoms in total. The van der Waals surface area contributed by atoms with Crippen LogP contribution >= 0.6 is 0 Å². The summed E-state index contributed by atoms with van der Waals surface area (Å²) in [4.78, 5) is 12.7. The first-order valence-corrected chi connectivity index (χ1v) is 13.3. The van der Waals surface area contributed by atoms with E-state index in [1.165, 1.54) is 10.6 Å². The first kappa shape index (κ1) is 25.2. The highest BCUT2D eigenvalue weighted by Crippen LogP contribution is 2.29. The summed E-state index contributed by atoms with van der Waals surface area (Å²) in [5, 5.41) is 17.6. The van der Waals surface area contributed by atoms with Crippen molar-refractivity contribution in [1.29, 1.82) is 0 Å². The number of benzene rings is 1. The number of nitrogens with one attached hydrogen (secondary N) is 1. The van der Waals surface area contributed by atoms with Crippen molar-refractivity contribution < 1.29 is 18.4 Å². The van der Waals surface area contributed by atoms with E-state index in [1.807, 2.05) is 46.7 Å². The maximum atomic E-state index is 12.7. The largest absolute Gasteiger partial charge is 0.380 e. The van der Waals surface area contributed by atoms with Gasteiger partial charge in [-0.05, 0) is 30.5 Å². The molecular formula is C24H31N5O5S. The quantitative estimate of drug-likeness (QED) is 0.404.